The van der Waals surface area contributed by atoms with Crippen molar-refractivity contribution in [3.63, 3.8) is 0 Å². The van der Waals surface area contributed by atoms with Crippen LogP contribution in [0.4, 0.5) is 13.2 Å². The molecule has 1 aliphatic rings. The van der Waals surface area contributed by atoms with Crippen LogP contribution in [-0.2, 0) is 17.8 Å². The highest BCUT2D eigenvalue weighted by atomic mass is 79.9. The van der Waals surface area contributed by atoms with E-state index in [1.807, 2.05) is 0 Å². The summed E-state index contributed by atoms with van der Waals surface area (Å²) in [6.07, 6.45) is -5.04. The largest absolute Gasteiger partial charge is 0.461 e. The summed E-state index contributed by atoms with van der Waals surface area (Å²) in [5, 5.41) is 0. The number of hydrogen-bond acceptors (Lipinski definition) is 4. The SMILES string of the molecule is CCOC(=O)c1nc(Br)n2c1CN(CCC(F)(F)F)CC2. The molecule has 21 heavy (non-hydrogen) atoms. The Labute approximate surface area is 128 Å². The van der Waals surface area contributed by atoms with Gasteiger partial charge in [0.05, 0.1) is 18.7 Å². The van der Waals surface area contributed by atoms with Gasteiger partial charge < -0.3 is 9.30 Å². The molecule has 0 fully saturated rings. The zero-order valence-electron chi connectivity index (χ0n) is 11.4. The molecule has 0 amide bonds. The third-order valence-electron chi connectivity index (χ3n) is 3.22. The van der Waals surface area contributed by atoms with Gasteiger partial charge in [-0.15, -0.1) is 0 Å². The van der Waals surface area contributed by atoms with Gasteiger partial charge in [0.25, 0.3) is 0 Å². The number of fused-ring (bicyclic) bond motifs is 1. The van der Waals surface area contributed by atoms with Crippen molar-refractivity contribution in [2.45, 2.75) is 32.6 Å². The first-order valence-electron chi connectivity index (χ1n) is 6.53. The average molecular weight is 370 g/mol. The summed E-state index contributed by atoms with van der Waals surface area (Å²) < 4.78 is 44.1. The molecule has 0 aliphatic carbocycles. The lowest BCUT2D eigenvalue weighted by Crippen LogP contribution is -2.36. The van der Waals surface area contributed by atoms with Crippen molar-refractivity contribution in [2.24, 2.45) is 0 Å². The van der Waals surface area contributed by atoms with E-state index >= 15 is 0 Å². The molecule has 118 valence electrons. The molecule has 0 saturated heterocycles. The lowest BCUT2D eigenvalue weighted by atomic mass is 10.2. The lowest BCUT2D eigenvalue weighted by molar-refractivity contribution is -0.138. The maximum Gasteiger partial charge on any atom is 0.390 e. The molecule has 1 aromatic rings. The fraction of sp³-hybridized carbons (Fsp3) is 0.667. The summed E-state index contributed by atoms with van der Waals surface area (Å²) in [5.41, 5.74) is 0.759. The first kappa shape index (κ1) is 16.3. The number of nitrogens with zero attached hydrogens (tertiary/aromatic N) is 3. The van der Waals surface area contributed by atoms with Crippen LogP contribution in [0.5, 0.6) is 0 Å². The molecule has 0 atom stereocenters. The van der Waals surface area contributed by atoms with Crippen LogP contribution >= 0.6 is 15.9 Å². The van der Waals surface area contributed by atoms with Crippen molar-refractivity contribution < 1.29 is 22.7 Å². The molecule has 1 aliphatic heterocycles. The smallest absolute Gasteiger partial charge is 0.390 e. The fourth-order valence-electron chi connectivity index (χ4n) is 2.21. The van der Waals surface area contributed by atoms with Crippen molar-refractivity contribution in [3.05, 3.63) is 16.1 Å². The number of alkyl halides is 3. The molecule has 0 saturated carbocycles. The highest BCUT2D eigenvalue weighted by molar-refractivity contribution is 9.10. The predicted octanol–water partition coefficient (Wildman–Crippen LogP) is 2.59. The molecule has 9 heteroatoms. The van der Waals surface area contributed by atoms with E-state index in [1.165, 1.54) is 0 Å². The van der Waals surface area contributed by atoms with Crippen molar-refractivity contribution >= 4 is 21.9 Å². The number of halogens is 4. The monoisotopic (exact) mass is 369 g/mol. The van der Waals surface area contributed by atoms with Gasteiger partial charge in [-0.1, -0.05) is 0 Å². The molecule has 2 heterocycles. The topological polar surface area (TPSA) is 47.4 Å². The van der Waals surface area contributed by atoms with Crippen LogP contribution in [0.2, 0.25) is 0 Å². The van der Waals surface area contributed by atoms with Gasteiger partial charge in [0.15, 0.2) is 10.4 Å². The normalized spacial score (nSPS) is 15.9. The molecule has 0 N–H and O–H groups in total. The quantitative estimate of drug-likeness (QED) is 0.765. The first-order chi connectivity index (χ1) is 9.81. The number of hydrogen-bond donors (Lipinski definition) is 0. The van der Waals surface area contributed by atoms with Gasteiger partial charge in [-0.2, -0.15) is 13.2 Å². The molecular weight excluding hydrogens is 355 g/mol. The molecule has 1 aromatic heterocycles. The third-order valence-corrected chi connectivity index (χ3v) is 3.82. The molecule has 0 unspecified atom stereocenters. The minimum absolute atomic E-state index is 0.0887. The highest BCUT2D eigenvalue weighted by Gasteiger charge is 2.31. The summed E-state index contributed by atoms with van der Waals surface area (Å²) >= 11 is 3.26. The Hall–Kier alpha value is -1.09. The number of rotatable bonds is 4. The number of carbonyl (C=O) groups is 1. The number of carbonyl (C=O) groups excluding carboxylic acids is 1. The lowest BCUT2D eigenvalue weighted by Gasteiger charge is -2.29. The van der Waals surface area contributed by atoms with Gasteiger partial charge in [0.1, 0.15) is 0 Å². The van der Waals surface area contributed by atoms with E-state index in [2.05, 4.69) is 20.9 Å². The van der Waals surface area contributed by atoms with Crippen LogP contribution in [-0.4, -0.2) is 46.3 Å². The zero-order chi connectivity index (χ0) is 15.6. The van der Waals surface area contributed by atoms with E-state index in [0.29, 0.717) is 23.5 Å². The van der Waals surface area contributed by atoms with Gasteiger partial charge >= 0.3 is 12.1 Å². The third kappa shape index (κ3) is 3.97. The van der Waals surface area contributed by atoms with E-state index in [-0.39, 0.29) is 25.4 Å². The summed E-state index contributed by atoms with van der Waals surface area (Å²) in [4.78, 5) is 17.6. The van der Waals surface area contributed by atoms with Crippen LogP contribution in [0.1, 0.15) is 29.5 Å². The fourth-order valence-corrected chi connectivity index (χ4v) is 2.78. The Morgan fingerprint density at radius 3 is 2.76 bits per heavy atom. The predicted molar refractivity (Wildman–Crippen MR) is 71.8 cm³/mol. The molecule has 0 spiro atoms. The highest BCUT2D eigenvalue weighted by Crippen LogP contribution is 2.25. The number of aromatic nitrogens is 2. The molecule has 0 bridgehead atoms. The maximum atomic E-state index is 12.3. The summed E-state index contributed by atoms with van der Waals surface area (Å²) in [6.45, 7) is 3.05. The second kappa shape index (κ2) is 6.35. The number of esters is 1. The van der Waals surface area contributed by atoms with Crippen LogP contribution in [0, 0.1) is 0 Å². The van der Waals surface area contributed by atoms with Crippen molar-refractivity contribution in [3.8, 4) is 0 Å². The van der Waals surface area contributed by atoms with E-state index < -0.39 is 18.6 Å². The van der Waals surface area contributed by atoms with Crippen LogP contribution in [0.25, 0.3) is 0 Å². The first-order valence-corrected chi connectivity index (χ1v) is 7.32. The van der Waals surface area contributed by atoms with Crippen molar-refractivity contribution in [2.75, 3.05) is 19.7 Å². The van der Waals surface area contributed by atoms with Gasteiger partial charge in [-0.3, -0.25) is 4.90 Å². The summed E-state index contributed by atoms with van der Waals surface area (Å²) in [5.74, 6) is -0.551. The maximum absolute atomic E-state index is 12.3. The molecule has 5 nitrogen and oxygen atoms in total. The molecule has 0 aromatic carbocycles. The standard InChI is InChI=1S/C12H15BrF3N3O2/c1-2-21-10(20)9-8-7-18(4-3-12(14,15)16)5-6-19(8)11(13)17-9/h2-7H2,1H3. The van der Waals surface area contributed by atoms with Crippen LogP contribution < -0.4 is 0 Å². The molecular formula is C12H15BrF3N3O2. The Morgan fingerprint density at radius 2 is 2.14 bits per heavy atom. The second-order valence-corrected chi connectivity index (χ2v) is 5.40. The zero-order valence-corrected chi connectivity index (χ0v) is 13.0. The number of imidazole rings is 1. The molecule has 0 radical (unpaired) electrons. The Morgan fingerprint density at radius 1 is 1.43 bits per heavy atom. The van der Waals surface area contributed by atoms with Crippen molar-refractivity contribution in [1.82, 2.24) is 14.5 Å². The minimum Gasteiger partial charge on any atom is -0.461 e. The average Bonchev–Trinajstić information content (AvgIpc) is 2.73. The number of ether oxygens (including phenoxy) is 1. The Balaban J connectivity index is 2.13. The van der Waals surface area contributed by atoms with Gasteiger partial charge in [-0.05, 0) is 22.9 Å². The summed E-state index contributed by atoms with van der Waals surface area (Å²) in [7, 11) is 0. The van der Waals surface area contributed by atoms with Gasteiger partial charge in [-0.25, -0.2) is 9.78 Å². The van der Waals surface area contributed by atoms with E-state index in [9.17, 15) is 18.0 Å². The minimum atomic E-state index is -4.18. The van der Waals surface area contributed by atoms with Crippen LogP contribution in [0.15, 0.2) is 4.73 Å². The second-order valence-electron chi connectivity index (χ2n) is 4.69. The van der Waals surface area contributed by atoms with Crippen LogP contribution in [0.3, 0.4) is 0 Å². The van der Waals surface area contributed by atoms with E-state index in [4.69, 9.17) is 4.74 Å². The summed E-state index contributed by atoms with van der Waals surface area (Å²) in [6, 6.07) is 0. The Bertz CT molecular complexity index is 531. The Kier molecular flexibility index (Phi) is 4.92. The van der Waals surface area contributed by atoms with Gasteiger partial charge in [0.2, 0.25) is 0 Å². The van der Waals surface area contributed by atoms with Gasteiger partial charge in [0, 0.05) is 26.2 Å². The van der Waals surface area contributed by atoms with Crippen molar-refractivity contribution in [1.29, 1.82) is 0 Å². The van der Waals surface area contributed by atoms with E-state index in [1.54, 1.807) is 16.4 Å². The molecule has 2 rings (SSSR count). The van der Waals surface area contributed by atoms with E-state index in [0.717, 1.165) is 0 Å².